The van der Waals surface area contributed by atoms with Gasteiger partial charge < -0.3 is 9.84 Å². The Morgan fingerprint density at radius 2 is 2.18 bits per heavy atom. The quantitative estimate of drug-likeness (QED) is 0.907. The van der Waals surface area contributed by atoms with E-state index in [4.69, 9.17) is 4.52 Å². The lowest BCUT2D eigenvalue weighted by atomic mass is 9.98. The third kappa shape index (κ3) is 3.38. The molecule has 5 heteroatoms. The molecule has 0 unspecified atom stereocenters. The van der Waals surface area contributed by atoms with Crippen molar-refractivity contribution in [3.05, 3.63) is 34.1 Å². The maximum Gasteiger partial charge on any atom is 0.124 e. The molecule has 0 amide bonds. The molecule has 0 fully saturated rings. The normalized spacial score (nSPS) is 11.9. The van der Waals surface area contributed by atoms with Gasteiger partial charge in [0.2, 0.25) is 0 Å². The van der Waals surface area contributed by atoms with E-state index < -0.39 is 0 Å². The predicted octanol–water partition coefficient (Wildman–Crippen LogP) is 2.72. The van der Waals surface area contributed by atoms with Crippen LogP contribution in [0.4, 0.5) is 0 Å². The molecule has 0 radical (unpaired) electrons. The summed E-state index contributed by atoms with van der Waals surface area (Å²) in [6.45, 7) is 8.08. The molecule has 92 valence electrons. The van der Waals surface area contributed by atoms with E-state index in [2.05, 4.69) is 36.2 Å². The first-order valence-corrected chi connectivity index (χ1v) is 6.42. The third-order valence-electron chi connectivity index (χ3n) is 2.29. The molecule has 0 aromatic carbocycles. The summed E-state index contributed by atoms with van der Waals surface area (Å²) in [7, 11) is 0. The molecule has 2 aromatic rings. The van der Waals surface area contributed by atoms with Gasteiger partial charge in [-0.2, -0.15) is 0 Å². The van der Waals surface area contributed by atoms with Crippen LogP contribution in [0.25, 0.3) is 0 Å². The van der Waals surface area contributed by atoms with E-state index in [1.165, 1.54) is 9.88 Å². The lowest BCUT2D eigenvalue weighted by Crippen LogP contribution is -2.12. The second-order valence-corrected chi connectivity index (χ2v) is 6.09. The monoisotopic (exact) mass is 251 g/mol. The molecule has 0 aliphatic carbocycles. The van der Waals surface area contributed by atoms with Crippen LogP contribution in [0.15, 0.2) is 23.0 Å². The van der Waals surface area contributed by atoms with Gasteiger partial charge in [-0.3, -0.25) is 0 Å². The number of hydrogen-bond donors (Lipinski definition) is 1. The van der Waals surface area contributed by atoms with E-state index in [-0.39, 0.29) is 5.41 Å². The molecule has 0 aliphatic heterocycles. The fourth-order valence-corrected chi connectivity index (χ4v) is 2.32. The van der Waals surface area contributed by atoms with Crippen LogP contribution in [0.1, 0.15) is 36.3 Å². The highest BCUT2D eigenvalue weighted by atomic mass is 32.1. The zero-order valence-electron chi connectivity index (χ0n) is 10.4. The lowest BCUT2D eigenvalue weighted by molar-refractivity contribution is 0.408. The highest BCUT2D eigenvalue weighted by Crippen LogP contribution is 2.26. The zero-order valence-corrected chi connectivity index (χ0v) is 11.2. The molecule has 1 N–H and O–H groups in total. The number of aromatic nitrogens is 2. The average molecular weight is 251 g/mol. The summed E-state index contributed by atoms with van der Waals surface area (Å²) >= 11 is 1.76. The lowest BCUT2D eigenvalue weighted by Gasteiger charge is -2.13. The van der Waals surface area contributed by atoms with Gasteiger partial charge in [-0.25, -0.2) is 4.98 Å². The highest BCUT2D eigenvalue weighted by molar-refractivity contribution is 7.11. The van der Waals surface area contributed by atoms with Gasteiger partial charge >= 0.3 is 0 Å². The van der Waals surface area contributed by atoms with Crippen molar-refractivity contribution in [2.24, 2.45) is 0 Å². The number of nitrogens with one attached hydrogen (secondary N) is 1. The predicted molar refractivity (Wildman–Crippen MR) is 67.9 cm³/mol. The second kappa shape index (κ2) is 4.98. The topological polar surface area (TPSA) is 51.0 Å². The Morgan fingerprint density at radius 3 is 2.76 bits per heavy atom. The second-order valence-electron chi connectivity index (χ2n) is 4.98. The first-order valence-electron chi connectivity index (χ1n) is 5.61. The van der Waals surface area contributed by atoms with Crippen LogP contribution in [0.2, 0.25) is 0 Å². The molecule has 4 nitrogen and oxygen atoms in total. The Bertz CT molecular complexity index is 456. The van der Waals surface area contributed by atoms with Crippen molar-refractivity contribution >= 4 is 11.3 Å². The highest BCUT2D eigenvalue weighted by Gasteiger charge is 2.17. The molecule has 0 saturated carbocycles. The van der Waals surface area contributed by atoms with Crippen molar-refractivity contribution in [1.29, 1.82) is 0 Å². The molecule has 0 bridgehead atoms. The van der Waals surface area contributed by atoms with Crippen molar-refractivity contribution in [2.75, 3.05) is 0 Å². The van der Waals surface area contributed by atoms with Crippen LogP contribution in [0.3, 0.4) is 0 Å². The van der Waals surface area contributed by atoms with E-state index in [0.29, 0.717) is 0 Å². The Hall–Kier alpha value is -1.20. The van der Waals surface area contributed by atoms with Gasteiger partial charge in [-0.15, -0.1) is 11.3 Å². The van der Waals surface area contributed by atoms with Gasteiger partial charge in [0.25, 0.3) is 0 Å². The standard InChI is InChI=1S/C12H17N3OS/c1-12(2,3)11-14-8-10(17-11)7-13-6-9-4-5-16-15-9/h4-5,8,13H,6-7H2,1-3H3. The first-order chi connectivity index (χ1) is 8.05. The number of hydrogen-bond acceptors (Lipinski definition) is 5. The maximum absolute atomic E-state index is 4.77. The van der Waals surface area contributed by atoms with Gasteiger partial charge in [-0.1, -0.05) is 25.9 Å². The molecule has 2 heterocycles. The van der Waals surface area contributed by atoms with E-state index in [9.17, 15) is 0 Å². The molecule has 0 spiro atoms. The van der Waals surface area contributed by atoms with E-state index >= 15 is 0 Å². The smallest absolute Gasteiger partial charge is 0.124 e. The van der Waals surface area contributed by atoms with Gasteiger partial charge in [0.15, 0.2) is 0 Å². The van der Waals surface area contributed by atoms with E-state index in [1.54, 1.807) is 17.6 Å². The van der Waals surface area contributed by atoms with Crippen LogP contribution < -0.4 is 5.32 Å². The van der Waals surface area contributed by atoms with Gasteiger partial charge in [0.05, 0.1) is 10.7 Å². The van der Waals surface area contributed by atoms with Crippen molar-refractivity contribution in [1.82, 2.24) is 15.5 Å². The summed E-state index contributed by atoms with van der Waals surface area (Å²) in [6.07, 6.45) is 3.53. The number of thiazole rings is 1. The zero-order chi connectivity index (χ0) is 12.3. The van der Waals surface area contributed by atoms with Crippen molar-refractivity contribution < 1.29 is 4.52 Å². The molecule has 0 aliphatic rings. The van der Waals surface area contributed by atoms with Crippen LogP contribution >= 0.6 is 11.3 Å². The molecular formula is C12H17N3OS. The van der Waals surface area contributed by atoms with Gasteiger partial charge in [0.1, 0.15) is 6.26 Å². The minimum Gasteiger partial charge on any atom is -0.364 e. The Labute approximate surface area is 105 Å². The summed E-state index contributed by atoms with van der Waals surface area (Å²) in [5.41, 5.74) is 1.06. The van der Waals surface area contributed by atoms with Crippen molar-refractivity contribution in [3.8, 4) is 0 Å². The number of rotatable bonds is 4. The molecule has 17 heavy (non-hydrogen) atoms. The Morgan fingerprint density at radius 1 is 1.35 bits per heavy atom. The summed E-state index contributed by atoms with van der Waals surface area (Å²) in [5.74, 6) is 0. The fraction of sp³-hybridized carbons (Fsp3) is 0.500. The molecule has 2 aromatic heterocycles. The average Bonchev–Trinajstić information content (AvgIpc) is 2.86. The summed E-state index contributed by atoms with van der Waals surface area (Å²) in [4.78, 5) is 5.70. The number of nitrogens with zero attached hydrogens (tertiary/aromatic N) is 2. The third-order valence-corrected chi connectivity index (χ3v) is 3.71. The van der Waals surface area contributed by atoms with Crippen molar-refractivity contribution in [2.45, 2.75) is 39.3 Å². The molecule has 2 rings (SSSR count). The fourth-order valence-electron chi connectivity index (χ4n) is 1.38. The summed E-state index contributed by atoms with van der Waals surface area (Å²) < 4.78 is 4.77. The Kier molecular flexibility index (Phi) is 3.59. The van der Waals surface area contributed by atoms with E-state index in [1.807, 2.05) is 12.3 Å². The van der Waals surface area contributed by atoms with Crippen LogP contribution in [-0.2, 0) is 18.5 Å². The summed E-state index contributed by atoms with van der Waals surface area (Å²) in [5, 5.41) is 8.34. The van der Waals surface area contributed by atoms with Crippen LogP contribution in [0.5, 0.6) is 0 Å². The largest absolute Gasteiger partial charge is 0.364 e. The molecule has 0 atom stereocenters. The van der Waals surface area contributed by atoms with E-state index in [0.717, 1.165) is 18.8 Å². The molecular weight excluding hydrogens is 234 g/mol. The van der Waals surface area contributed by atoms with Gasteiger partial charge in [-0.05, 0) is 0 Å². The van der Waals surface area contributed by atoms with Crippen molar-refractivity contribution in [3.63, 3.8) is 0 Å². The minimum absolute atomic E-state index is 0.134. The summed E-state index contributed by atoms with van der Waals surface area (Å²) in [6, 6.07) is 1.86. The Balaban J connectivity index is 1.85. The first kappa shape index (κ1) is 12.3. The van der Waals surface area contributed by atoms with Crippen LogP contribution in [0, 0.1) is 0 Å². The maximum atomic E-state index is 4.77. The van der Waals surface area contributed by atoms with Gasteiger partial charge in [0, 0.05) is 35.6 Å². The van der Waals surface area contributed by atoms with Crippen LogP contribution in [-0.4, -0.2) is 10.1 Å². The molecule has 0 saturated heterocycles. The minimum atomic E-state index is 0.134. The SMILES string of the molecule is CC(C)(C)c1ncc(CNCc2ccon2)s1.